The van der Waals surface area contributed by atoms with Gasteiger partial charge in [-0.1, -0.05) is 26.0 Å². The van der Waals surface area contributed by atoms with Gasteiger partial charge < -0.3 is 5.11 Å². The molecular weight excluding hydrogens is 259 g/mol. The summed E-state index contributed by atoms with van der Waals surface area (Å²) in [5.41, 5.74) is -0.686. The topological polar surface area (TPSA) is 40.5 Å². The van der Waals surface area contributed by atoms with E-state index < -0.39 is 23.8 Å². The van der Waals surface area contributed by atoms with Crippen LogP contribution < -0.4 is 0 Å². The fourth-order valence-corrected chi connectivity index (χ4v) is 1.98. The Morgan fingerprint density at radius 3 is 2.32 bits per heavy atom. The number of hydrogen-bond acceptors (Lipinski definition) is 2. The van der Waals surface area contributed by atoms with Crippen LogP contribution in [0, 0.1) is 0 Å². The summed E-state index contributed by atoms with van der Waals surface area (Å²) in [6.07, 6.45) is -4.47. The number of benzene rings is 1. The molecule has 1 aromatic carbocycles. The molecule has 3 nitrogen and oxygen atoms in total. The van der Waals surface area contributed by atoms with Crippen molar-refractivity contribution in [2.24, 2.45) is 0 Å². The van der Waals surface area contributed by atoms with Gasteiger partial charge in [-0.2, -0.15) is 13.2 Å². The number of alkyl halides is 3. The van der Waals surface area contributed by atoms with Crippen LogP contribution in [-0.4, -0.2) is 29.1 Å². The number of carboxylic acids is 1. The number of halogens is 3. The number of carboxylic acid groups (broad SMARTS) is 1. The first kappa shape index (κ1) is 15.5. The van der Waals surface area contributed by atoms with Crippen molar-refractivity contribution in [2.75, 3.05) is 13.1 Å². The summed E-state index contributed by atoms with van der Waals surface area (Å²) in [7, 11) is 0. The van der Waals surface area contributed by atoms with Gasteiger partial charge in [0.15, 0.2) is 0 Å². The molecule has 0 spiro atoms. The number of carbonyl (C=O) groups is 1. The summed E-state index contributed by atoms with van der Waals surface area (Å²) in [6.45, 7) is 4.44. The maximum absolute atomic E-state index is 12.6. The van der Waals surface area contributed by atoms with Gasteiger partial charge in [0.2, 0.25) is 0 Å². The van der Waals surface area contributed by atoms with E-state index in [1.54, 1.807) is 18.7 Å². The lowest BCUT2D eigenvalue weighted by Gasteiger charge is -2.26. The Labute approximate surface area is 109 Å². The summed E-state index contributed by atoms with van der Waals surface area (Å²) in [5, 5.41) is 9.23. The highest BCUT2D eigenvalue weighted by Gasteiger charge is 2.32. The van der Waals surface area contributed by atoms with Gasteiger partial charge in [-0.3, -0.25) is 9.69 Å². The summed E-state index contributed by atoms with van der Waals surface area (Å²) in [4.78, 5) is 12.9. The van der Waals surface area contributed by atoms with Crippen LogP contribution in [0.15, 0.2) is 24.3 Å². The van der Waals surface area contributed by atoms with Gasteiger partial charge in [0, 0.05) is 0 Å². The maximum Gasteiger partial charge on any atom is 0.416 e. The lowest BCUT2D eigenvalue weighted by atomic mass is 10.0. The van der Waals surface area contributed by atoms with Gasteiger partial charge in [-0.05, 0) is 30.8 Å². The number of aliphatic carboxylic acids is 1. The summed E-state index contributed by atoms with van der Waals surface area (Å²) < 4.78 is 37.9. The van der Waals surface area contributed by atoms with E-state index in [-0.39, 0.29) is 5.56 Å². The third-order valence-electron chi connectivity index (χ3n) is 2.94. The highest BCUT2D eigenvalue weighted by atomic mass is 19.4. The highest BCUT2D eigenvalue weighted by Crippen LogP contribution is 2.32. The molecule has 0 saturated carbocycles. The van der Waals surface area contributed by atoms with Gasteiger partial charge in [0.25, 0.3) is 0 Å². The van der Waals surface area contributed by atoms with Crippen molar-refractivity contribution in [3.05, 3.63) is 35.4 Å². The van der Waals surface area contributed by atoms with Crippen LogP contribution in [0.25, 0.3) is 0 Å². The first-order valence-electron chi connectivity index (χ1n) is 5.95. The minimum absolute atomic E-state index is 0.144. The second-order valence-corrected chi connectivity index (χ2v) is 4.09. The average molecular weight is 275 g/mol. The van der Waals surface area contributed by atoms with Gasteiger partial charge >= 0.3 is 12.1 Å². The number of rotatable bonds is 5. The van der Waals surface area contributed by atoms with Crippen molar-refractivity contribution < 1.29 is 23.1 Å². The molecule has 0 heterocycles. The summed E-state index contributed by atoms with van der Waals surface area (Å²) in [6, 6.07) is 3.42. The largest absolute Gasteiger partial charge is 0.480 e. The lowest BCUT2D eigenvalue weighted by Crippen LogP contribution is -2.34. The molecule has 0 fully saturated rings. The average Bonchev–Trinajstić information content (AvgIpc) is 2.34. The summed E-state index contributed by atoms with van der Waals surface area (Å²) >= 11 is 0. The van der Waals surface area contributed by atoms with Crippen molar-refractivity contribution >= 4 is 5.97 Å². The van der Waals surface area contributed by atoms with E-state index in [9.17, 15) is 23.1 Å². The van der Waals surface area contributed by atoms with Crippen LogP contribution in [0.3, 0.4) is 0 Å². The molecule has 0 bridgehead atoms. The predicted molar refractivity (Wildman–Crippen MR) is 64.7 cm³/mol. The molecule has 106 valence electrons. The van der Waals surface area contributed by atoms with Crippen molar-refractivity contribution in [2.45, 2.75) is 26.1 Å². The zero-order valence-corrected chi connectivity index (χ0v) is 10.7. The Kier molecular flexibility index (Phi) is 4.94. The molecule has 19 heavy (non-hydrogen) atoms. The molecule has 1 rings (SSSR count). The Balaban J connectivity index is 3.21. The molecule has 0 aliphatic heterocycles. The normalized spacial score (nSPS) is 13.6. The van der Waals surface area contributed by atoms with Crippen LogP contribution in [0.4, 0.5) is 13.2 Å². The number of likely N-dealkylation sites (N-methyl/N-ethyl adjacent to an activating group) is 1. The molecule has 6 heteroatoms. The van der Waals surface area contributed by atoms with Crippen molar-refractivity contribution in [3.63, 3.8) is 0 Å². The molecule has 0 aliphatic carbocycles. The zero-order valence-electron chi connectivity index (χ0n) is 10.7. The minimum atomic E-state index is -4.47. The molecular formula is C13H16F3NO2. The minimum Gasteiger partial charge on any atom is -0.480 e. The molecule has 0 amide bonds. The molecule has 0 saturated heterocycles. The summed E-state index contributed by atoms with van der Waals surface area (Å²) in [5.74, 6) is -1.15. The van der Waals surface area contributed by atoms with Crippen molar-refractivity contribution in [1.82, 2.24) is 4.90 Å². The quantitative estimate of drug-likeness (QED) is 0.897. The SMILES string of the molecule is CCN(CC)C(C(=O)O)c1cccc(C(F)(F)F)c1. The Morgan fingerprint density at radius 1 is 1.32 bits per heavy atom. The van der Waals surface area contributed by atoms with E-state index in [1.165, 1.54) is 12.1 Å². The first-order chi connectivity index (χ1) is 8.81. The number of nitrogens with zero attached hydrogens (tertiary/aromatic N) is 1. The molecule has 0 radical (unpaired) electrons. The van der Waals surface area contributed by atoms with E-state index >= 15 is 0 Å². The van der Waals surface area contributed by atoms with E-state index in [0.717, 1.165) is 12.1 Å². The third kappa shape index (κ3) is 3.70. The highest BCUT2D eigenvalue weighted by molar-refractivity contribution is 5.75. The van der Waals surface area contributed by atoms with Gasteiger partial charge in [-0.25, -0.2) is 0 Å². The first-order valence-corrected chi connectivity index (χ1v) is 5.95. The molecule has 0 aromatic heterocycles. The third-order valence-corrected chi connectivity index (χ3v) is 2.94. The van der Waals surface area contributed by atoms with Crippen LogP contribution >= 0.6 is 0 Å². The van der Waals surface area contributed by atoms with Crippen LogP contribution in [0.2, 0.25) is 0 Å². The monoisotopic (exact) mass is 275 g/mol. The molecule has 1 unspecified atom stereocenters. The van der Waals surface area contributed by atoms with Crippen LogP contribution in [-0.2, 0) is 11.0 Å². The van der Waals surface area contributed by atoms with Crippen LogP contribution in [0.5, 0.6) is 0 Å². The molecule has 1 N–H and O–H groups in total. The fourth-order valence-electron chi connectivity index (χ4n) is 1.98. The van der Waals surface area contributed by atoms with E-state index in [0.29, 0.717) is 13.1 Å². The van der Waals surface area contributed by atoms with Crippen LogP contribution in [0.1, 0.15) is 31.0 Å². The van der Waals surface area contributed by atoms with E-state index in [1.807, 2.05) is 0 Å². The lowest BCUT2D eigenvalue weighted by molar-refractivity contribution is -0.144. The van der Waals surface area contributed by atoms with Gasteiger partial charge in [0.05, 0.1) is 5.56 Å². The standard InChI is InChI=1S/C13H16F3NO2/c1-3-17(4-2)11(12(18)19)9-6-5-7-10(8-9)13(14,15)16/h5-8,11H,3-4H2,1-2H3,(H,18,19). The molecule has 1 atom stereocenters. The molecule has 1 aromatic rings. The smallest absolute Gasteiger partial charge is 0.416 e. The zero-order chi connectivity index (χ0) is 14.6. The van der Waals surface area contributed by atoms with Crippen molar-refractivity contribution in [1.29, 1.82) is 0 Å². The van der Waals surface area contributed by atoms with Gasteiger partial charge in [0.1, 0.15) is 6.04 Å². The second-order valence-electron chi connectivity index (χ2n) is 4.09. The van der Waals surface area contributed by atoms with E-state index in [4.69, 9.17) is 0 Å². The van der Waals surface area contributed by atoms with E-state index in [2.05, 4.69) is 0 Å². The second kappa shape index (κ2) is 6.06. The van der Waals surface area contributed by atoms with Crippen molar-refractivity contribution in [3.8, 4) is 0 Å². The Hall–Kier alpha value is -1.56. The maximum atomic E-state index is 12.6. The molecule has 0 aliphatic rings. The van der Waals surface area contributed by atoms with Gasteiger partial charge in [-0.15, -0.1) is 0 Å². The number of hydrogen-bond donors (Lipinski definition) is 1. The Bertz CT molecular complexity index is 442. The Morgan fingerprint density at radius 2 is 1.89 bits per heavy atom. The predicted octanol–water partition coefficient (Wildman–Crippen LogP) is 3.17. The fraction of sp³-hybridized carbons (Fsp3) is 0.462.